The van der Waals surface area contributed by atoms with Gasteiger partial charge >= 0.3 is 0 Å². The SMILES string of the molecule is Cc1ccccc1OCC(=O)Nc1cc(N)ccc1N(C)C. The van der Waals surface area contributed by atoms with Crippen molar-refractivity contribution in [1.29, 1.82) is 0 Å². The number of anilines is 3. The van der Waals surface area contributed by atoms with Crippen LogP contribution in [0.15, 0.2) is 42.5 Å². The summed E-state index contributed by atoms with van der Waals surface area (Å²) in [4.78, 5) is 14.0. The van der Waals surface area contributed by atoms with Crippen LogP contribution in [0.4, 0.5) is 17.1 Å². The van der Waals surface area contributed by atoms with Crippen LogP contribution in [0.5, 0.6) is 5.75 Å². The van der Waals surface area contributed by atoms with E-state index in [2.05, 4.69) is 5.32 Å². The molecule has 0 fully saturated rings. The topological polar surface area (TPSA) is 67.6 Å². The molecule has 5 heteroatoms. The number of carbonyl (C=O) groups is 1. The molecule has 5 nitrogen and oxygen atoms in total. The predicted octanol–water partition coefficient (Wildman–Crippen LogP) is 2.66. The maximum absolute atomic E-state index is 12.1. The lowest BCUT2D eigenvalue weighted by molar-refractivity contribution is -0.118. The highest BCUT2D eigenvalue weighted by Gasteiger charge is 2.10. The minimum atomic E-state index is -0.225. The maximum Gasteiger partial charge on any atom is 0.262 e. The van der Waals surface area contributed by atoms with Gasteiger partial charge in [0.15, 0.2) is 6.61 Å². The summed E-state index contributed by atoms with van der Waals surface area (Å²) in [5, 5.41) is 2.84. The quantitative estimate of drug-likeness (QED) is 0.833. The van der Waals surface area contributed by atoms with Gasteiger partial charge in [-0.25, -0.2) is 0 Å². The molecule has 2 rings (SSSR count). The Kier molecular flexibility index (Phi) is 4.88. The number of nitrogen functional groups attached to an aromatic ring is 1. The molecule has 3 N–H and O–H groups in total. The van der Waals surface area contributed by atoms with E-state index in [1.807, 2.05) is 56.3 Å². The number of carbonyl (C=O) groups excluding carboxylic acids is 1. The molecule has 0 unspecified atom stereocenters. The fourth-order valence-corrected chi connectivity index (χ4v) is 2.09. The van der Waals surface area contributed by atoms with E-state index in [9.17, 15) is 4.79 Å². The first-order chi connectivity index (χ1) is 10.5. The molecule has 0 spiro atoms. The molecular weight excluding hydrogens is 278 g/mol. The van der Waals surface area contributed by atoms with Gasteiger partial charge < -0.3 is 20.7 Å². The van der Waals surface area contributed by atoms with Gasteiger partial charge in [-0.3, -0.25) is 4.79 Å². The number of rotatable bonds is 5. The molecule has 0 aliphatic carbocycles. The Labute approximate surface area is 130 Å². The number of ether oxygens (including phenoxy) is 1. The molecule has 0 saturated carbocycles. The van der Waals surface area contributed by atoms with Crippen molar-refractivity contribution >= 4 is 23.0 Å². The van der Waals surface area contributed by atoms with Crippen molar-refractivity contribution in [3.8, 4) is 5.75 Å². The Morgan fingerprint density at radius 3 is 2.64 bits per heavy atom. The molecule has 0 saturated heterocycles. The minimum absolute atomic E-state index is 0.0491. The zero-order chi connectivity index (χ0) is 16.1. The van der Waals surface area contributed by atoms with Crippen molar-refractivity contribution < 1.29 is 9.53 Å². The fourth-order valence-electron chi connectivity index (χ4n) is 2.09. The molecule has 0 aliphatic heterocycles. The molecule has 2 aromatic carbocycles. The number of amides is 1. The minimum Gasteiger partial charge on any atom is -0.483 e. The standard InChI is InChI=1S/C17H21N3O2/c1-12-6-4-5-7-16(12)22-11-17(21)19-14-10-13(18)8-9-15(14)20(2)3/h4-10H,11,18H2,1-3H3,(H,19,21). The number of nitrogens with zero attached hydrogens (tertiary/aromatic N) is 1. The van der Waals surface area contributed by atoms with Crippen LogP contribution in [0.25, 0.3) is 0 Å². The lowest BCUT2D eigenvalue weighted by Gasteiger charge is -2.18. The van der Waals surface area contributed by atoms with E-state index < -0.39 is 0 Å². The zero-order valence-electron chi connectivity index (χ0n) is 13.1. The van der Waals surface area contributed by atoms with Crippen molar-refractivity contribution in [3.05, 3.63) is 48.0 Å². The van der Waals surface area contributed by atoms with Gasteiger partial charge in [0.05, 0.1) is 11.4 Å². The molecule has 2 aromatic rings. The van der Waals surface area contributed by atoms with E-state index in [4.69, 9.17) is 10.5 Å². The van der Waals surface area contributed by atoms with E-state index in [0.717, 1.165) is 11.3 Å². The Bertz CT molecular complexity index is 669. The summed E-state index contributed by atoms with van der Waals surface area (Å²) in [5.41, 5.74) is 8.94. The lowest BCUT2D eigenvalue weighted by atomic mass is 10.2. The monoisotopic (exact) mass is 299 g/mol. The number of benzene rings is 2. The van der Waals surface area contributed by atoms with Crippen LogP contribution < -0.4 is 20.7 Å². The fraction of sp³-hybridized carbons (Fsp3) is 0.235. The Balaban J connectivity index is 2.03. The highest BCUT2D eigenvalue weighted by molar-refractivity contribution is 5.96. The molecule has 116 valence electrons. The largest absolute Gasteiger partial charge is 0.483 e. The molecule has 0 bridgehead atoms. The summed E-state index contributed by atoms with van der Waals surface area (Å²) >= 11 is 0. The van der Waals surface area contributed by atoms with Crippen LogP contribution >= 0.6 is 0 Å². The second kappa shape index (κ2) is 6.85. The summed E-state index contributed by atoms with van der Waals surface area (Å²) in [7, 11) is 3.82. The third-order valence-electron chi connectivity index (χ3n) is 3.23. The highest BCUT2D eigenvalue weighted by atomic mass is 16.5. The molecule has 22 heavy (non-hydrogen) atoms. The average molecular weight is 299 g/mol. The Hall–Kier alpha value is -2.69. The van der Waals surface area contributed by atoms with E-state index in [1.165, 1.54) is 0 Å². The normalized spacial score (nSPS) is 10.1. The van der Waals surface area contributed by atoms with E-state index in [0.29, 0.717) is 17.1 Å². The lowest BCUT2D eigenvalue weighted by Crippen LogP contribution is -2.22. The summed E-state index contributed by atoms with van der Waals surface area (Å²) in [6, 6.07) is 13.0. The van der Waals surface area contributed by atoms with Crippen LogP contribution in [0.3, 0.4) is 0 Å². The van der Waals surface area contributed by atoms with Crippen molar-refractivity contribution in [2.75, 3.05) is 36.7 Å². The van der Waals surface area contributed by atoms with Gasteiger partial charge in [-0.2, -0.15) is 0 Å². The Morgan fingerprint density at radius 1 is 1.23 bits per heavy atom. The molecule has 0 aliphatic rings. The van der Waals surface area contributed by atoms with E-state index in [-0.39, 0.29) is 12.5 Å². The number of nitrogens with two attached hydrogens (primary N) is 1. The Morgan fingerprint density at radius 2 is 1.95 bits per heavy atom. The van der Waals surface area contributed by atoms with Crippen LogP contribution in [0.1, 0.15) is 5.56 Å². The van der Waals surface area contributed by atoms with Crippen molar-refractivity contribution in [2.45, 2.75) is 6.92 Å². The van der Waals surface area contributed by atoms with Crippen molar-refractivity contribution in [1.82, 2.24) is 0 Å². The summed E-state index contributed by atoms with van der Waals surface area (Å²) in [6.45, 7) is 1.89. The number of hydrogen-bond acceptors (Lipinski definition) is 4. The molecular formula is C17H21N3O2. The zero-order valence-corrected chi connectivity index (χ0v) is 13.1. The van der Waals surface area contributed by atoms with Gasteiger partial charge in [0.1, 0.15) is 5.75 Å². The van der Waals surface area contributed by atoms with Crippen LogP contribution in [0.2, 0.25) is 0 Å². The van der Waals surface area contributed by atoms with Gasteiger partial charge in [0.25, 0.3) is 5.91 Å². The molecule has 0 radical (unpaired) electrons. The van der Waals surface area contributed by atoms with Gasteiger partial charge in [0, 0.05) is 19.8 Å². The first-order valence-corrected chi connectivity index (χ1v) is 7.02. The molecule has 1 amide bonds. The first kappa shape index (κ1) is 15.7. The van der Waals surface area contributed by atoms with Gasteiger partial charge in [-0.05, 0) is 36.8 Å². The average Bonchev–Trinajstić information content (AvgIpc) is 2.46. The summed E-state index contributed by atoms with van der Waals surface area (Å²) < 4.78 is 5.54. The van der Waals surface area contributed by atoms with Gasteiger partial charge in [-0.1, -0.05) is 18.2 Å². The molecule has 0 heterocycles. The van der Waals surface area contributed by atoms with Crippen LogP contribution in [-0.4, -0.2) is 26.6 Å². The van der Waals surface area contributed by atoms with Gasteiger partial charge in [-0.15, -0.1) is 0 Å². The summed E-state index contributed by atoms with van der Waals surface area (Å²) in [5.74, 6) is 0.481. The van der Waals surface area contributed by atoms with E-state index >= 15 is 0 Å². The van der Waals surface area contributed by atoms with Crippen molar-refractivity contribution in [2.24, 2.45) is 0 Å². The highest BCUT2D eigenvalue weighted by Crippen LogP contribution is 2.26. The van der Waals surface area contributed by atoms with Crippen LogP contribution in [0, 0.1) is 6.92 Å². The second-order valence-corrected chi connectivity index (χ2v) is 5.27. The smallest absolute Gasteiger partial charge is 0.262 e. The summed E-state index contributed by atoms with van der Waals surface area (Å²) in [6.07, 6.45) is 0. The number of hydrogen-bond donors (Lipinski definition) is 2. The molecule has 0 atom stereocenters. The van der Waals surface area contributed by atoms with Crippen molar-refractivity contribution in [3.63, 3.8) is 0 Å². The second-order valence-electron chi connectivity index (χ2n) is 5.27. The predicted molar refractivity (Wildman–Crippen MR) is 90.5 cm³/mol. The van der Waals surface area contributed by atoms with E-state index in [1.54, 1.807) is 12.1 Å². The third-order valence-corrected chi connectivity index (χ3v) is 3.23. The number of para-hydroxylation sites is 1. The number of aryl methyl sites for hydroxylation is 1. The van der Waals surface area contributed by atoms with Crippen LogP contribution in [-0.2, 0) is 4.79 Å². The van der Waals surface area contributed by atoms with Gasteiger partial charge in [0.2, 0.25) is 0 Å². The first-order valence-electron chi connectivity index (χ1n) is 7.02. The third kappa shape index (κ3) is 3.91. The molecule has 0 aromatic heterocycles. The number of nitrogens with one attached hydrogen (secondary N) is 1. The maximum atomic E-state index is 12.1.